The molecule has 2 aromatic rings. The van der Waals surface area contributed by atoms with E-state index in [1.165, 1.54) is 0 Å². The van der Waals surface area contributed by atoms with E-state index in [1.807, 2.05) is 18.2 Å². The largest absolute Gasteiger partial charge is 0.468 e. The minimum Gasteiger partial charge on any atom is -0.468 e. The predicted molar refractivity (Wildman–Crippen MR) is 87.8 cm³/mol. The van der Waals surface area contributed by atoms with Gasteiger partial charge in [-0.25, -0.2) is 0 Å². The highest BCUT2D eigenvalue weighted by atomic mass is 79.9. The minimum absolute atomic E-state index is 0.0606. The van der Waals surface area contributed by atoms with E-state index >= 15 is 0 Å². The van der Waals surface area contributed by atoms with E-state index < -0.39 is 0 Å². The third-order valence-corrected chi connectivity index (χ3v) is 4.10. The highest BCUT2D eigenvalue weighted by Gasteiger charge is 2.13. The van der Waals surface area contributed by atoms with Gasteiger partial charge in [0.05, 0.1) is 17.8 Å². The highest BCUT2D eigenvalue weighted by molar-refractivity contribution is 9.10. The standard InChI is InChI=1S/C16H17BrClNO2/c1-2-19(11-13-4-3-9-21-13)8-7-16(20)14-6-5-12(17)10-15(14)18/h3-6,9-10H,2,7-8,11H2,1H3. The number of ketones is 1. The Bertz CT molecular complexity index is 598. The van der Waals surface area contributed by atoms with Crippen molar-refractivity contribution in [1.82, 2.24) is 4.90 Å². The molecule has 0 N–H and O–H groups in total. The molecule has 112 valence electrons. The van der Waals surface area contributed by atoms with Crippen LogP contribution in [0.1, 0.15) is 29.5 Å². The molecular weight excluding hydrogens is 354 g/mol. The molecule has 2 rings (SSSR count). The average Bonchev–Trinajstić information content (AvgIpc) is 2.96. The maximum Gasteiger partial charge on any atom is 0.165 e. The molecule has 0 atom stereocenters. The van der Waals surface area contributed by atoms with Crippen molar-refractivity contribution in [2.24, 2.45) is 0 Å². The number of Topliss-reactive ketones (excluding diaryl/α,β-unsaturated/α-hetero) is 1. The van der Waals surface area contributed by atoms with Crippen molar-refractivity contribution in [3.8, 4) is 0 Å². The number of nitrogens with zero attached hydrogens (tertiary/aromatic N) is 1. The number of hydrogen-bond acceptors (Lipinski definition) is 3. The minimum atomic E-state index is 0.0606. The number of carbonyl (C=O) groups is 1. The number of rotatable bonds is 7. The molecule has 0 aliphatic rings. The van der Waals surface area contributed by atoms with Gasteiger partial charge in [0.15, 0.2) is 5.78 Å². The third kappa shape index (κ3) is 4.70. The molecule has 0 spiro atoms. The van der Waals surface area contributed by atoms with E-state index in [0.717, 1.165) is 16.8 Å². The fraction of sp³-hybridized carbons (Fsp3) is 0.312. The first kappa shape index (κ1) is 16.3. The second kappa shape index (κ2) is 7.78. The molecule has 0 amide bonds. The van der Waals surface area contributed by atoms with Crippen LogP contribution in [0.2, 0.25) is 5.02 Å². The fourth-order valence-corrected chi connectivity index (χ4v) is 2.86. The van der Waals surface area contributed by atoms with Gasteiger partial charge in [0.2, 0.25) is 0 Å². The summed E-state index contributed by atoms with van der Waals surface area (Å²) in [7, 11) is 0. The van der Waals surface area contributed by atoms with Crippen molar-refractivity contribution < 1.29 is 9.21 Å². The second-order valence-electron chi connectivity index (χ2n) is 4.75. The SMILES string of the molecule is CCN(CCC(=O)c1ccc(Br)cc1Cl)Cc1ccco1. The summed E-state index contributed by atoms with van der Waals surface area (Å²) in [5, 5.41) is 0.489. The number of benzene rings is 1. The van der Waals surface area contributed by atoms with E-state index in [-0.39, 0.29) is 5.78 Å². The summed E-state index contributed by atoms with van der Waals surface area (Å²) < 4.78 is 6.21. The Morgan fingerprint density at radius 1 is 1.38 bits per heavy atom. The first-order chi connectivity index (χ1) is 10.1. The van der Waals surface area contributed by atoms with E-state index in [1.54, 1.807) is 18.4 Å². The topological polar surface area (TPSA) is 33.5 Å². The molecule has 1 aromatic carbocycles. The Labute approximate surface area is 138 Å². The van der Waals surface area contributed by atoms with Crippen molar-refractivity contribution >= 4 is 33.3 Å². The molecule has 3 nitrogen and oxygen atoms in total. The lowest BCUT2D eigenvalue weighted by Crippen LogP contribution is -2.25. The maximum absolute atomic E-state index is 12.2. The zero-order chi connectivity index (χ0) is 15.2. The maximum atomic E-state index is 12.2. The van der Waals surface area contributed by atoms with Crippen LogP contribution < -0.4 is 0 Å². The first-order valence-electron chi connectivity index (χ1n) is 6.83. The van der Waals surface area contributed by atoms with Crippen LogP contribution >= 0.6 is 27.5 Å². The number of carbonyl (C=O) groups excluding carboxylic acids is 1. The van der Waals surface area contributed by atoms with Gasteiger partial charge in [-0.3, -0.25) is 9.69 Å². The number of hydrogen-bond donors (Lipinski definition) is 0. The molecule has 0 saturated heterocycles. The van der Waals surface area contributed by atoms with Gasteiger partial charge in [0.1, 0.15) is 5.76 Å². The van der Waals surface area contributed by atoms with Gasteiger partial charge in [0.25, 0.3) is 0 Å². The lowest BCUT2D eigenvalue weighted by molar-refractivity contribution is 0.0962. The molecule has 5 heteroatoms. The normalized spacial score (nSPS) is 11.0. The van der Waals surface area contributed by atoms with Gasteiger partial charge >= 0.3 is 0 Å². The monoisotopic (exact) mass is 369 g/mol. The summed E-state index contributed by atoms with van der Waals surface area (Å²) in [6.45, 7) is 4.33. The Hall–Kier alpha value is -1.10. The number of furan rings is 1. The van der Waals surface area contributed by atoms with Gasteiger partial charge in [-0.1, -0.05) is 34.5 Å². The summed E-state index contributed by atoms with van der Waals surface area (Å²) in [6.07, 6.45) is 2.10. The van der Waals surface area contributed by atoms with E-state index in [9.17, 15) is 4.79 Å². The Balaban J connectivity index is 1.92. The molecule has 1 aromatic heterocycles. The summed E-state index contributed by atoms with van der Waals surface area (Å²) in [5.74, 6) is 0.969. The zero-order valence-corrected chi connectivity index (χ0v) is 14.2. The molecule has 0 bridgehead atoms. The molecule has 1 heterocycles. The summed E-state index contributed by atoms with van der Waals surface area (Å²) in [5.41, 5.74) is 0.578. The molecule has 0 saturated carbocycles. The lowest BCUT2D eigenvalue weighted by atomic mass is 10.1. The van der Waals surface area contributed by atoms with Gasteiger partial charge in [-0.05, 0) is 36.9 Å². The van der Waals surface area contributed by atoms with Crippen LogP contribution in [-0.4, -0.2) is 23.8 Å². The number of halogens is 2. The second-order valence-corrected chi connectivity index (χ2v) is 6.07. The van der Waals surface area contributed by atoms with Crippen molar-refractivity contribution in [2.75, 3.05) is 13.1 Å². The Morgan fingerprint density at radius 3 is 2.81 bits per heavy atom. The molecule has 0 radical (unpaired) electrons. The first-order valence-corrected chi connectivity index (χ1v) is 8.00. The van der Waals surface area contributed by atoms with Gasteiger partial charge in [-0.15, -0.1) is 0 Å². The van der Waals surface area contributed by atoms with Gasteiger partial charge in [-0.2, -0.15) is 0 Å². The molecular formula is C16H17BrClNO2. The predicted octanol–water partition coefficient (Wildman–Crippen LogP) is 4.79. The van der Waals surface area contributed by atoms with Crippen molar-refractivity contribution in [2.45, 2.75) is 19.9 Å². The molecule has 21 heavy (non-hydrogen) atoms. The van der Waals surface area contributed by atoms with Crippen molar-refractivity contribution in [1.29, 1.82) is 0 Å². The van der Waals surface area contributed by atoms with Gasteiger partial charge < -0.3 is 4.42 Å². The van der Waals surface area contributed by atoms with E-state index in [2.05, 4.69) is 27.8 Å². The van der Waals surface area contributed by atoms with Crippen LogP contribution in [0.3, 0.4) is 0 Å². The van der Waals surface area contributed by atoms with Crippen LogP contribution in [0.25, 0.3) is 0 Å². The Morgan fingerprint density at radius 2 is 2.19 bits per heavy atom. The molecule has 0 unspecified atom stereocenters. The van der Waals surface area contributed by atoms with Crippen molar-refractivity contribution in [3.05, 3.63) is 57.4 Å². The third-order valence-electron chi connectivity index (χ3n) is 3.29. The smallest absolute Gasteiger partial charge is 0.165 e. The lowest BCUT2D eigenvalue weighted by Gasteiger charge is -2.18. The average molecular weight is 371 g/mol. The van der Waals surface area contributed by atoms with Crippen LogP contribution in [0.5, 0.6) is 0 Å². The van der Waals surface area contributed by atoms with Crippen LogP contribution in [-0.2, 0) is 6.54 Å². The van der Waals surface area contributed by atoms with E-state index in [0.29, 0.717) is 30.1 Å². The van der Waals surface area contributed by atoms with E-state index in [4.69, 9.17) is 16.0 Å². The van der Waals surface area contributed by atoms with Gasteiger partial charge in [0, 0.05) is 23.0 Å². The van der Waals surface area contributed by atoms with Crippen LogP contribution in [0, 0.1) is 0 Å². The summed E-state index contributed by atoms with van der Waals surface area (Å²) in [4.78, 5) is 14.4. The molecule has 0 aliphatic carbocycles. The van der Waals surface area contributed by atoms with Crippen molar-refractivity contribution in [3.63, 3.8) is 0 Å². The molecule has 0 fully saturated rings. The fourth-order valence-electron chi connectivity index (χ4n) is 2.08. The highest BCUT2D eigenvalue weighted by Crippen LogP contribution is 2.22. The molecule has 0 aliphatic heterocycles. The quantitative estimate of drug-likeness (QED) is 0.657. The Kier molecular flexibility index (Phi) is 6.03. The van der Waals surface area contributed by atoms with Crippen LogP contribution in [0.4, 0.5) is 0 Å². The summed E-state index contributed by atoms with van der Waals surface area (Å²) in [6, 6.07) is 9.15. The van der Waals surface area contributed by atoms with Crippen LogP contribution in [0.15, 0.2) is 45.5 Å². The summed E-state index contributed by atoms with van der Waals surface area (Å²) >= 11 is 9.45. The zero-order valence-electron chi connectivity index (χ0n) is 11.8.